The predicted molar refractivity (Wildman–Crippen MR) is 78.3 cm³/mol. The zero-order chi connectivity index (χ0) is 16.7. The fourth-order valence-electron chi connectivity index (χ4n) is 1.03. The minimum atomic E-state index is -1.12. The Morgan fingerprint density at radius 3 is 2.10 bits per heavy atom. The SMILES string of the molecule is CC(C)(C)N=NC(C)(CCC(=O)OOC(C)(C)C)N=[N+]=[N-]. The maximum atomic E-state index is 11.6. The molecule has 0 N–H and O–H groups in total. The van der Waals surface area contributed by atoms with Gasteiger partial charge in [-0.15, -0.1) is 0 Å². The summed E-state index contributed by atoms with van der Waals surface area (Å²) in [5.74, 6) is -0.546. The number of rotatable bonds is 6. The molecule has 0 aliphatic heterocycles. The van der Waals surface area contributed by atoms with E-state index in [1.54, 1.807) is 27.7 Å². The van der Waals surface area contributed by atoms with E-state index < -0.39 is 17.2 Å². The first kappa shape index (κ1) is 19.3. The largest absolute Gasteiger partial charge is 0.342 e. The van der Waals surface area contributed by atoms with Crippen LogP contribution in [0.25, 0.3) is 10.4 Å². The average Bonchev–Trinajstić information content (AvgIpc) is 2.30. The highest BCUT2D eigenvalue weighted by atomic mass is 17.2. The number of hydrogen-bond donors (Lipinski definition) is 0. The number of azide groups is 1. The molecule has 120 valence electrons. The van der Waals surface area contributed by atoms with Gasteiger partial charge >= 0.3 is 5.97 Å². The second-order valence-corrected chi connectivity index (χ2v) is 6.93. The Balaban J connectivity index is 4.62. The van der Waals surface area contributed by atoms with Crippen molar-refractivity contribution in [1.29, 1.82) is 0 Å². The Hall–Kier alpha value is -1.66. The van der Waals surface area contributed by atoms with Crippen LogP contribution in [-0.2, 0) is 14.6 Å². The van der Waals surface area contributed by atoms with Gasteiger partial charge in [0.1, 0.15) is 5.60 Å². The van der Waals surface area contributed by atoms with E-state index in [0.717, 1.165) is 0 Å². The summed E-state index contributed by atoms with van der Waals surface area (Å²) in [5.41, 5.74) is 6.54. The summed E-state index contributed by atoms with van der Waals surface area (Å²) in [4.78, 5) is 23.9. The smallest absolute Gasteiger partial charge is 0.298 e. The lowest BCUT2D eigenvalue weighted by Crippen LogP contribution is -2.24. The molecule has 0 saturated carbocycles. The second kappa shape index (κ2) is 7.38. The molecule has 1 unspecified atom stereocenters. The lowest BCUT2D eigenvalue weighted by Gasteiger charge is -2.20. The molecule has 8 heteroatoms. The van der Waals surface area contributed by atoms with Gasteiger partial charge in [0.15, 0.2) is 5.66 Å². The van der Waals surface area contributed by atoms with Gasteiger partial charge in [-0.3, -0.25) is 4.89 Å². The van der Waals surface area contributed by atoms with E-state index in [4.69, 9.17) is 10.4 Å². The van der Waals surface area contributed by atoms with Crippen molar-refractivity contribution in [3.8, 4) is 0 Å². The standard InChI is InChI=1S/C13H25N5O3/c1-11(2,3)15-16-13(7,17-18-14)9-8-10(19)20-21-12(4,5)6/h8-9H2,1-7H3. The number of hydrogen-bond acceptors (Lipinski definition) is 6. The van der Waals surface area contributed by atoms with E-state index >= 15 is 0 Å². The molecule has 0 amide bonds. The average molecular weight is 299 g/mol. The summed E-state index contributed by atoms with van der Waals surface area (Å²) >= 11 is 0. The molecule has 0 aliphatic carbocycles. The van der Waals surface area contributed by atoms with Crippen molar-refractivity contribution in [2.75, 3.05) is 0 Å². The van der Waals surface area contributed by atoms with Crippen LogP contribution in [0.2, 0.25) is 0 Å². The highest BCUT2D eigenvalue weighted by Gasteiger charge is 2.26. The van der Waals surface area contributed by atoms with E-state index in [9.17, 15) is 4.79 Å². The molecule has 0 fully saturated rings. The normalized spacial score (nSPS) is 15.4. The third-order valence-corrected chi connectivity index (χ3v) is 2.01. The Kier molecular flexibility index (Phi) is 6.79. The van der Waals surface area contributed by atoms with Crippen LogP contribution in [0.4, 0.5) is 0 Å². The summed E-state index contributed by atoms with van der Waals surface area (Å²) in [6.45, 7) is 12.5. The molecule has 0 spiro atoms. The van der Waals surface area contributed by atoms with E-state index in [2.05, 4.69) is 25.1 Å². The monoisotopic (exact) mass is 299 g/mol. The molecular weight excluding hydrogens is 274 g/mol. The number of azo groups is 1. The topological polar surface area (TPSA) is 109 Å². The van der Waals surface area contributed by atoms with E-state index in [1.807, 2.05) is 20.8 Å². The third kappa shape index (κ3) is 10.8. The highest BCUT2D eigenvalue weighted by molar-refractivity contribution is 5.68. The molecule has 0 aromatic rings. The van der Waals surface area contributed by atoms with Gasteiger partial charge in [-0.05, 0) is 60.4 Å². The Morgan fingerprint density at radius 1 is 1.10 bits per heavy atom. The zero-order valence-electron chi connectivity index (χ0n) is 13.9. The molecule has 0 heterocycles. The van der Waals surface area contributed by atoms with Crippen LogP contribution in [0, 0.1) is 0 Å². The van der Waals surface area contributed by atoms with Crippen molar-refractivity contribution in [3.63, 3.8) is 0 Å². The molecule has 0 rings (SSSR count). The van der Waals surface area contributed by atoms with Crippen molar-refractivity contribution in [2.45, 2.75) is 78.1 Å². The van der Waals surface area contributed by atoms with Crippen molar-refractivity contribution < 1.29 is 14.6 Å². The first-order chi connectivity index (χ1) is 9.37. The fraction of sp³-hybridized carbons (Fsp3) is 0.923. The lowest BCUT2D eigenvalue weighted by atomic mass is 10.1. The van der Waals surface area contributed by atoms with Gasteiger partial charge < -0.3 is 0 Å². The fourth-order valence-corrected chi connectivity index (χ4v) is 1.03. The van der Waals surface area contributed by atoms with Gasteiger partial charge in [0.25, 0.3) is 0 Å². The van der Waals surface area contributed by atoms with Crippen LogP contribution in [0.15, 0.2) is 15.3 Å². The number of carbonyl (C=O) groups is 1. The molecule has 0 saturated heterocycles. The van der Waals surface area contributed by atoms with E-state index in [-0.39, 0.29) is 18.4 Å². The van der Waals surface area contributed by atoms with Crippen molar-refractivity contribution in [2.24, 2.45) is 15.3 Å². The minimum Gasteiger partial charge on any atom is -0.298 e. The molecule has 1 atom stereocenters. The maximum Gasteiger partial charge on any atom is 0.342 e. The molecule has 0 radical (unpaired) electrons. The molecule has 21 heavy (non-hydrogen) atoms. The Morgan fingerprint density at radius 2 is 1.67 bits per heavy atom. The first-order valence-corrected chi connectivity index (χ1v) is 6.76. The van der Waals surface area contributed by atoms with Gasteiger partial charge in [-0.2, -0.15) is 15.1 Å². The second-order valence-electron chi connectivity index (χ2n) is 6.93. The minimum absolute atomic E-state index is 0.00869. The molecular formula is C13H25N5O3. The lowest BCUT2D eigenvalue weighted by molar-refractivity contribution is -0.320. The van der Waals surface area contributed by atoms with Crippen LogP contribution in [0.3, 0.4) is 0 Å². The summed E-state index contributed by atoms with van der Waals surface area (Å²) in [6, 6.07) is 0. The quantitative estimate of drug-likeness (QED) is 0.239. The van der Waals surface area contributed by atoms with Crippen LogP contribution < -0.4 is 0 Å². The molecule has 8 nitrogen and oxygen atoms in total. The summed E-state index contributed by atoms with van der Waals surface area (Å²) < 4.78 is 0. The number of carbonyl (C=O) groups excluding carboxylic acids is 1. The Bertz CT molecular complexity index is 430. The van der Waals surface area contributed by atoms with Crippen LogP contribution in [-0.4, -0.2) is 22.8 Å². The van der Waals surface area contributed by atoms with Gasteiger partial charge in [-0.1, -0.05) is 5.11 Å². The van der Waals surface area contributed by atoms with Crippen molar-refractivity contribution in [1.82, 2.24) is 0 Å². The van der Waals surface area contributed by atoms with Crippen molar-refractivity contribution in [3.05, 3.63) is 10.4 Å². The van der Waals surface area contributed by atoms with Crippen LogP contribution in [0.1, 0.15) is 61.3 Å². The van der Waals surface area contributed by atoms with Crippen molar-refractivity contribution >= 4 is 5.97 Å². The molecule has 0 aliphatic rings. The summed E-state index contributed by atoms with van der Waals surface area (Å²) in [6.07, 6.45) is 0.192. The summed E-state index contributed by atoms with van der Waals surface area (Å²) in [5, 5.41) is 11.8. The first-order valence-electron chi connectivity index (χ1n) is 6.76. The highest BCUT2D eigenvalue weighted by Crippen LogP contribution is 2.23. The molecule has 0 aromatic heterocycles. The number of nitrogens with zero attached hydrogens (tertiary/aromatic N) is 5. The molecule has 0 bridgehead atoms. The van der Waals surface area contributed by atoms with Gasteiger partial charge in [-0.25, -0.2) is 4.79 Å². The zero-order valence-corrected chi connectivity index (χ0v) is 13.9. The van der Waals surface area contributed by atoms with Gasteiger partial charge in [0, 0.05) is 4.91 Å². The predicted octanol–water partition coefficient (Wildman–Crippen LogP) is 4.32. The van der Waals surface area contributed by atoms with E-state index in [1.165, 1.54) is 0 Å². The Labute approximate surface area is 125 Å². The van der Waals surface area contributed by atoms with Gasteiger partial charge in [0.05, 0.1) is 12.0 Å². The maximum absolute atomic E-state index is 11.6. The van der Waals surface area contributed by atoms with Crippen LogP contribution >= 0.6 is 0 Å². The van der Waals surface area contributed by atoms with Gasteiger partial charge in [0.2, 0.25) is 0 Å². The third-order valence-electron chi connectivity index (χ3n) is 2.01. The summed E-state index contributed by atoms with van der Waals surface area (Å²) in [7, 11) is 0. The molecule has 0 aromatic carbocycles. The van der Waals surface area contributed by atoms with E-state index in [0.29, 0.717) is 0 Å². The van der Waals surface area contributed by atoms with Crippen LogP contribution in [0.5, 0.6) is 0 Å².